The first-order valence-corrected chi connectivity index (χ1v) is 6.99. The number of rotatable bonds is 4. The molecule has 1 fully saturated rings. The molecule has 2 heterocycles. The zero-order valence-corrected chi connectivity index (χ0v) is 11.6. The number of fused-ring (bicyclic) bond motifs is 1. The Labute approximate surface area is 117 Å². The fourth-order valence-corrected chi connectivity index (χ4v) is 2.79. The zero-order valence-electron chi connectivity index (χ0n) is 11.6. The summed E-state index contributed by atoms with van der Waals surface area (Å²) in [6.45, 7) is 2.20. The summed E-state index contributed by atoms with van der Waals surface area (Å²) in [6, 6.07) is 7.69. The molecule has 0 spiro atoms. The van der Waals surface area contributed by atoms with E-state index in [0.29, 0.717) is 17.8 Å². The molecule has 1 aliphatic rings. The van der Waals surface area contributed by atoms with Crippen molar-refractivity contribution in [1.29, 1.82) is 0 Å². The Hall–Kier alpha value is -1.72. The van der Waals surface area contributed by atoms with E-state index in [2.05, 4.69) is 10.3 Å². The average molecular weight is 273 g/mol. The highest BCUT2D eigenvalue weighted by Crippen LogP contribution is 2.17. The van der Waals surface area contributed by atoms with Crippen molar-refractivity contribution in [3.8, 4) is 0 Å². The van der Waals surface area contributed by atoms with Crippen molar-refractivity contribution >= 4 is 10.9 Å². The fourth-order valence-electron chi connectivity index (χ4n) is 2.79. The molecule has 5 heteroatoms. The maximum atomic E-state index is 12.5. The highest BCUT2D eigenvalue weighted by atomic mass is 16.5. The topological polar surface area (TPSA) is 56.2 Å². The van der Waals surface area contributed by atoms with Gasteiger partial charge in [0, 0.05) is 25.1 Å². The minimum atomic E-state index is 0.0229. The molecular weight excluding hydrogens is 254 g/mol. The summed E-state index contributed by atoms with van der Waals surface area (Å²) in [4.78, 5) is 16.8. The highest BCUT2D eigenvalue weighted by Gasteiger charge is 2.25. The second-order valence-corrected chi connectivity index (χ2v) is 5.24. The van der Waals surface area contributed by atoms with Crippen LogP contribution in [0.15, 0.2) is 35.4 Å². The quantitative estimate of drug-likeness (QED) is 0.903. The summed E-state index contributed by atoms with van der Waals surface area (Å²) < 4.78 is 7.13. The second kappa shape index (κ2) is 5.73. The van der Waals surface area contributed by atoms with Crippen LogP contribution in [0.4, 0.5) is 0 Å². The van der Waals surface area contributed by atoms with Gasteiger partial charge < -0.3 is 10.1 Å². The van der Waals surface area contributed by atoms with Crippen LogP contribution in [0.1, 0.15) is 6.42 Å². The predicted octanol–water partition coefficient (Wildman–Crippen LogP) is 1.02. The second-order valence-electron chi connectivity index (χ2n) is 5.24. The van der Waals surface area contributed by atoms with Crippen LogP contribution in [0.25, 0.3) is 10.9 Å². The average Bonchev–Trinajstić information content (AvgIpc) is 3.01. The first-order valence-electron chi connectivity index (χ1n) is 6.99. The van der Waals surface area contributed by atoms with Gasteiger partial charge in [-0.05, 0) is 25.6 Å². The molecule has 1 aromatic carbocycles. The normalized spacial score (nSPS) is 20.4. The van der Waals surface area contributed by atoms with Crippen molar-refractivity contribution in [2.45, 2.75) is 19.0 Å². The van der Waals surface area contributed by atoms with E-state index in [9.17, 15) is 4.79 Å². The molecule has 0 radical (unpaired) electrons. The molecule has 5 nitrogen and oxygen atoms in total. The van der Waals surface area contributed by atoms with Gasteiger partial charge in [-0.2, -0.15) is 0 Å². The van der Waals surface area contributed by atoms with Crippen LogP contribution in [0.5, 0.6) is 0 Å². The first kappa shape index (κ1) is 13.3. The van der Waals surface area contributed by atoms with Gasteiger partial charge in [0.15, 0.2) is 0 Å². The number of para-hydroxylation sites is 1. The SMILES string of the molecule is CNC(Cn1cnc2ccccc2c1=O)C1CCOC1. The Morgan fingerprint density at radius 1 is 1.50 bits per heavy atom. The van der Waals surface area contributed by atoms with Crippen molar-refractivity contribution in [3.05, 3.63) is 40.9 Å². The molecule has 20 heavy (non-hydrogen) atoms. The fraction of sp³-hybridized carbons (Fsp3) is 0.467. The molecule has 2 atom stereocenters. The largest absolute Gasteiger partial charge is 0.381 e. The van der Waals surface area contributed by atoms with E-state index in [0.717, 1.165) is 25.2 Å². The van der Waals surface area contributed by atoms with Gasteiger partial charge in [0.2, 0.25) is 0 Å². The molecule has 1 saturated heterocycles. The van der Waals surface area contributed by atoms with Crippen LogP contribution in [-0.2, 0) is 11.3 Å². The molecule has 3 rings (SSSR count). The van der Waals surface area contributed by atoms with E-state index in [-0.39, 0.29) is 11.6 Å². The minimum absolute atomic E-state index is 0.0229. The first-order chi connectivity index (χ1) is 9.79. The molecule has 1 aromatic heterocycles. The van der Waals surface area contributed by atoms with Gasteiger partial charge in [-0.15, -0.1) is 0 Å². The third-order valence-corrected chi connectivity index (χ3v) is 4.03. The Bertz CT molecular complexity index is 647. The molecule has 2 aromatic rings. The number of nitrogens with one attached hydrogen (secondary N) is 1. The maximum Gasteiger partial charge on any atom is 0.261 e. The minimum Gasteiger partial charge on any atom is -0.381 e. The van der Waals surface area contributed by atoms with E-state index in [1.165, 1.54) is 0 Å². The number of nitrogens with zero attached hydrogens (tertiary/aromatic N) is 2. The van der Waals surface area contributed by atoms with Gasteiger partial charge >= 0.3 is 0 Å². The van der Waals surface area contributed by atoms with Crippen LogP contribution in [0.3, 0.4) is 0 Å². The van der Waals surface area contributed by atoms with Crippen molar-refractivity contribution < 1.29 is 4.74 Å². The lowest BCUT2D eigenvalue weighted by molar-refractivity contribution is 0.174. The predicted molar refractivity (Wildman–Crippen MR) is 77.8 cm³/mol. The summed E-state index contributed by atoms with van der Waals surface area (Å²) in [6.07, 6.45) is 2.69. The standard InChI is InChI=1S/C15H19N3O2/c1-16-14(11-6-7-20-9-11)8-18-10-17-13-5-3-2-4-12(13)15(18)19/h2-5,10-11,14,16H,6-9H2,1H3. The van der Waals surface area contributed by atoms with Gasteiger partial charge in [-0.1, -0.05) is 12.1 Å². The number of hydrogen-bond donors (Lipinski definition) is 1. The zero-order chi connectivity index (χ0) is 13.9. The molecule has 1 aliphatic heterocycles. The van der Waals surface area contributed by atoms with E-state index in [1.54, 1.807) is 10.9 Å². The molecule has 2 unspecified atom stereocenters. The molecule has 0 amide bonds. The van der Waals surface area contributed by atoms with Crippen molar-refractivity contribution in [1.82, 2.24) is 14.9 Å². The molecular formula is C15H19N3O2. The number of benzene rings is 1. The van der Waals surface area contributed by atoms with E-state index < -0.39 is 0 Å². The van der Waals surface area contributed by atoms with E-state index >= 15 is 0 Å². The van der Waals surface area contributed by atoms with Crippen molar-refractivity contribution in [3.63, 3.8) is 0 Å². The third-order valence-electron chi connectivity index (χ3n) is 4.03. The number of aromatic nitrogens is 2. The summed E-state index contributed by atoms with van der Waals surface area (Å²) in [7, 11) is 1.93. The summed E-state index contributed by atoms with van der Waals surface area (Å²) in [5.41, 5.74) is 0.772. The Balaban J connectivity index is 1.90. The number of hydrogen-bond acceptors (Lipinski definition) is 4. The molecule has 0 bridgehead atoms. The summed E-state index contributed by atoms with van der Waals surface area (Å²) >= 11 is 0. The Kier molecular flexibility index (Phi) is 3.80. The lowest BCUT2D eigenvalue weighted by Crippen LogP contribution is -2.40. The van der Waals surface area contributed by atoms with Gasteiger partial charge in [0.05, 0.1) is 23.8 Å². The summed E-state index contributed by atoms with van der Waals surface area (Å²) in [5.74, 6) is 0.457. The lowest BCUT2D eigenvalue weighted by atomic mass is 9.99. The Morgan fingerprint density at radius 2 is 2.35 bits per heavy atom. The van der Waals surface area contributed by atoms with E-state index in [1.807, 2.05) is 31.3 Å². The lowest BCUT2D eigenvalue weighted by Gasteiger charge is -2.22. The molecule has 1 N–H and O–H groups in total. The molecule has 106 valence electrons. The van der Waals surface area contributed by atoms with E-state index in [4.69, 9.17) is 4.74 Å². The monoisotopic (exact) mass is 273 g/mol. The Morgan fingerprint density at radius 3 is 3.10 bits per heavy atom. The van der Waals surface area contributed by atoms with Crippen molar-refractivity contribution in [2.75, 3.05) is 20.3 Å². The van der Waals surface area contributed by atoms with Crippen LogP contribution in [-0.4, -0.2) is 35.9 Å². The highest BCUT2D eigenvalue weighted by molar-refractivity contribution is 5.76. The van der Waals surface area contributed by atoms with Gasteiger partial charge in [0.1, 0.15) is 0 Å². The van der Waals surface area contributed by atoms with Gasteiger partial charge in [0.25, 0.3) is 5.56 Å². The molecule has 0 aliphatic carbocycles. The van der Waals surface area contributed by atoms with Crippen LogP contribution < -0.4 is 10.9 Å². The summed E-state index contributed by atoms with van der Waals surface area (Å²) in [5, 5.41) is 3.97. The molecule has 0 saturated carbocycles. The van der Waals surface area contributed by atoms with Gasteiger partial charge in [-0.25, -0.2) is 4.98 Å². The smallest absolute Gasteiger partial charge is 0.261 e. The van der Waals surface area contributed by atoms with Gasteiger partial charge in [-0.3, -0.25) is 9.36 Å². The van der Waals surface area contributed by atoms with Crippen molar-refractivity contribution in [2.24, 2.45) is 5.92 Å². The third kappa shape index (κ3) is 2.46. The van der Waals surface area contributed by atoms with Crippen LogP contribution in [0, 0.1) is 5.92 Å². The number of likely N-dealkylation sites (N-methyl/N-ethyl adjacent to an activating group) is 1. The number of ether oxygens (including phenoxy) is 1. The van der Waals surface area contributed by atoms with Crippen LogP contribution >= 0.6 is 0 Å². The van der Waals surface area contributed by atoms with Crippen LogP contribution in [0.2, 0.25) is 0 Å². The maximum absolute atomic E-state index is 12.5.